The zero-order valence-electron chi connectivity index (χ0n) is 12.5. The van der Waals surface area contributed by atoms with Gasteiger partial charge in [0.15, 0.2) is 0 Å². The highest BCUT2D eigenvalue weighted by molar-refractivity contribution is 4.77. The van der Waals surface area contributed by atoms with Crippen LogP contribution in [0.4, 0.5) is 0 Å². The predicted octanol–water partition coefficient (Wildman–Crippen LogP) is 2.72. The Kier molecular flexibility index (Phi) is 6.61. The molecule has 0 aromatic carbocycles. The van der Waals surface area contributed by atoms with Crippen LogP contribution in [0, 0.1) is 5.92 Å². The third-order valence-electron chi connectivity index (χ3n) is 3.74. The van der Waals surface area contributed by atoms with Gasteiger partial charge in [-0.25, -0.2) is 0 Å². The quantitative estimate of drug-likeness (QED) is 0.769. The molecule has 3 nitrogen and oxygen atoms in total. The Labute approximate surface area is 112 Å². The molecule has 0 aliphatic heterocycles. The lowest BCUT2D eigenvalue weighted by atomic mass is 9.84. The number of rotatable bonds is 6. The van der Waals surface area contributed by atoms with Crippen LogP contribution in [0.3, 0.4) is 0 Å². The second-order valence-corrected chi connectivity index (χ2v) is 6.67. The van der Waals surface area contributed by atoms with E-state index in [9.17, 15) is 5.11 Å². The first-order chi connectivity index (χ1) is 8.38. The van der Waals surface area contributed by atoms with Gasteiger partial charge in [0.1, 0.15) is 0 Å². The lowest BCUT2D eigenvalue weighted by molar-refractivity contribution is -0.0486. The molecule has 0 amide bonds. The second kappa shape index (κ2) is 7.46. The lowest BCUT2D eigenvalue weighted by Gasteiger charge is -2.29. The third-order valence-corrected chi connectivity index (χ3v) is 3.74. The molecule has 1 rings (SSSR count). The van der Waals surface area contributed by atoms with E-state index in [-0.39, 0.29) is 5.60 Å². The molecule has 2 unspecified atom stereocenters. The average molecular weight is 257 g/mol. The van der Waals surface area contributed by atoms with Crippen LogP contribution in [-0.4, -0.2) is 36.0 Å². The van der Waals surface area contributed by atoms with Crippen molar-refractivity contribution in [2.24, 2.45) is 5.92 Å². The third kappa shape index (κ3) is 6.72. The first-order valence-electron chi connectivity index (χ1n) is 7.44. The lowest BCUT2D eigenvalue weighted by Crippen LogP contribution is -2.41. The zero-order chi connectivity index (χ0) is 13.6. The Balaban J connectivity index is 2.14. The summed E-state index contributed by atoms with van der Waals surface area (Å²) >= 11 is 0. The van der Waals surface area contributed by atoms with E-state index in [4.69, 9.17) is 4.74 Å². The van der Waals surface area contributed by atoms with Gasteiger partial charge < -0.3 is 15.2 Å². The van der Waals surface area contributed by atoms with Crippen molar-refractivity contribution in [3.8, 4) is 0 Å². The van der Waals surface area contributed by atoms with Gasteiger partial charge in [0.05, 0.1) is 18.3 Å². The topological polar surface area (TPSA) is 41.5 Å². The fourth-order valence-corrected chi connectivity index (χ4v) is 2.53. The number of hydrogen-bond donors (Lipinski definition) is 2. The average Bonchev–Trinajstić information content (AvgIpc) is 2.33. The molecule has 0 radical (unpaired) electrons. The largest absolute Gasteiger partial charge is 0.389 e. The van der Waals surface area contributed by atoms with Crippen molar-refractivity contribution in [3.63, 3.8) is 0 Å². The van der Waals surface area contributed by atoms with Crippen molar-refractivity contribution in [3.05, 3.63) is 0 Å². The van der Waals surface area contributed by atoms with Crippen molar-refractivity contribution in [2.45, 2.75) is 77.5 Å². The van der Waals surface area contributed by atoms with Crippen molar-refractivity contribution in [1.29, 1.82) is 0 Å². The molecule has 108 valence electrons. The van der Waals surface area contributed by atoms with Gasteiger partial charge in [-0.2, -0.15) is 0 Å². The molecule has 1 aliphatic carbocycles. The van der Waals surface area contributed by atoms with Gasteiger partial charge >= 0.3 is 0 Å². The van der Waals surface area contributed by atoms with Crippen LogP contribution in [-0.2, 0) is 4.74 Å². The van der Waals surface area contributed by atoms with E-state index in [1.165, 1.54) is 32.1 Å². The maximum atomic E-state index is 9.87. The van der Waals surface area contributed by atoms with Gasteiger partial charge in [0, 0.05) is 12.6 Å². The van der Waals surface area contributed by atoms with E-state index in [0.29, 0.717) is 19.2 Å². The van der Waals surface area contributed by atoms with Crippen molar-refractivity contribution >= 4 is 0 Å². The molecule has 1 aliphatic rings. The maximum Gasteiger partial charge on any atom is 0.0898 e. The highest BCUT2D eigenvalue weighted by atomic mass is 16.5. The normalized spacial score (nSPS) is 21.8. The summed E-state index contributed by atoms with van der Waals surface area (Å²) in [7, 11) is 0. The van der Waals surface area contributed by atoms with Crippen LogP contribution < -0.4 is 5.32 Å². The van der Waals surface area contributed by atoms with E-state index < -0.39 is 6.10 Å². The van der Waals surface area contributed by atoms with E-state index >= 15 is 0 Å². The number of aliphatic hydroxyl groups excluding tert-OH is 1. The molecule has 1 saturated carbocycles. The molecule has 0 bridgehead atoms. The Morgan fingerprint density at radius 1 is 1.22 bits per heavy atom. The summed E-state index contributed by atoms with van der Waals surface area (Å²) in [6.45, 7) is 9.32. The van der Waals surface area contributed by atoms with E-state index in [2.05, 4.69) is 12.2 Å². The molecule has 0 heterocycles. The molecule has 0 aromatic rings. The second-order valence-electron chi connectivity index (χ2n) is 6.67. The van der Waals surface area contributed by atoms with Crippen LogP contribution >= 0.6 is 0 Å². The smallest absolute Gasteiger partial charge is 0.0898 e. The van der Waals surface area contributed by atoms with Crippen molar-refractivity contribution in [2.75, 3.05) is 13.2 Å². The summed E-state index contributed by atoms with van der Waals surface area (Å²) in [4.78, 5) is 0. The first kappa shape index (κ1) is 15.9. The number of hydrogen-bond acceptors (Lipinski definition) is 3. The zero-order valence-corrected chi connectivity index (χ0v) is 12.5. The molecule has 0 spiro atoms. The van der Waals surface area contributed by atoms with Crippen LogP contribution in [0.5, 0.6) is 0 Å². The number of nitrogens with one attached hydrogen (secondary N) is 1. The molecule has 0 saturated heterocycles. The van der Waals surface area contributed by atoms with Crippen LogP contribution in [0.2, 0.25) is 0 Å². The number of ether oxygens (including phenoxy) is 1. The highest BCUT2D eigenvalue weighted by Crippen LogP contribution is 2.26. The fourth-order valence-electron chi connectivity index (χ4n) is 2.53. The molecule has 18 heavy (non-hydrogen) atoms. The molecule has 3 heteroatoms. The Bertz CT molecular complexity index is 219. The Morgan fingerprint density at radius 2 is 1.83 bits per heavy atom. The Hall–Kier alpha value is -0.120. The van der Waals surface area contributed by atoms with Gasteiger partial charge in [-0.1, -0.05) is 19.3 Å². The number of aliphatic hydroxyl groups is 1. The summed E-state index contributed by atoms with van der Waals surface area (Å²) in [5.41, 5.74) is -0.171. The van der Waals surface area contributed by atoms with E-state index in [1.807, 2.05) is 20.8 Å². The SMILES string of the molecule is CC(NCC(O)COC(C)(C)C)C1CCCCC1. The van der Waals surface area contributed by atoms with Crippen LogP contribution in [0.15, 0.2) is 0 Å². The Morgan fingerprint density at radius 3 is 2.39 bits per heavy atom. The predicted molar refractivity (Wildman–Crippen MR) is 75.8 cm³/mol. The molecule has 1 fully saturated rings. The summed E-state index contributed by atoms with van der Waals surface area (Å²) in [6.07, 6.45) is 6.39. The van der Waals surface area contributed by atoms with Crippen LogP contribution in [0.25, 0.3) is 0 Å². The van der Waals surface area contributed by atoms with Gasteiger partial charge in [-0.3, -0.25) is 0 Å². The molecule has 2 N–H and O–H groups in total. The monoisotopic (exact) mass is 257 g/mol. The van der Waals surface area contributed by atoms with Gasteiger partial charge in [0.25, 0.3) is 0 Å². The summed E-state index contributed by atoms with van der Waals surface area (Å²) in [5, 5.41) is 13.3. The van der Waals surface area contributed by atoms with E-state index in [1.54, 1.807) is 0 Å². The minimum absolute atomic E-state index is 0.171. The van der Waals surface area contributed by atoms with Crippen molar-refractivity contribution < 1.29 is 9.84 Å². The first-order valence-corrected chi connectivity index (χ1v) is 7.44. The fraction of sp³-hybridized carbons (Fsp3) is 1.00. The molecule has 2 atom stereocenters. The summed E-state index contributed by atoms with van der Waals surface area (Å²) in [5.74, 6) is 0.787. The molecular weight excluding hydrogens is 226 g/mol. The van der Waals surface area contributed by atoms with Gasteiger partial charge in [0.2, 0.25) is 0 Å². The molecule has 0 aromatic heterocycles. The summed E-state index contributed by atoms with van der Waals surface area (Å²) in [6, 6.07) is 0.509. The van der Waals surface area contributed by atoms with Gasteiger partial charge in [-0.15, -0.1) is 0 Å². The van der Waals surface area contributed by atoms with Crippen molar-refractivity contribution in [1.82, 2.24) is 5.32 Å². The minimum atomic E-state index is -0.407. The maximum absolute atomic E-state index is 9.87. The standard InChI is InChI=1S/C15H31NO2/c1-12(13-8-6-5-7-9-13)16-10-14(17)11-18-15(2,3)4/h12-14,16-17H,5-11H2,1-4H3. The van der Waals surface area contributed by atoms with Gasteiger partial charge in [-0.05, 0) is 46.5 Å². The molecular formula is C15H31NO2. The minimum Gasteiger partial charge on any atom is -0.389 e. The highest BCUT2D eigenvalue weighted by Gasteiger charge is 2.20. The van der Waals surface area contributed by atoms with Crippen LogP contribution in [0.1, 0.15) is 59.8 Å². The summed E-state index contributed by atoms with van der Waals surface area (Å²) < 4.78 is 5.58. The van der Waals surface area contributed by atoms with E-state index in [0.717, 1.165) is 5.92 Å².